The minimum Gasteiger partial charge on any atom is -0.493 e. The van der Waals surface area contributed by atoms with E-state index in [2.05, 4.69) is 5.32 Å². The van der Waals surface area contributed by atoms with Gasteiger partial charge in [0.2, 0.25) is 15.9 Å². The zero-order valence-corrected chi connectivity index (χ0v) is 21.7. The minimum absolute atomic E-state index is 0.109. The molecule has 3 rings (SSSR count). The average molecular weight is 517 g/mol. The summed E-state index contributed by atoms with van der Waals surface area (Å²) in [7, 11) is -1.97. The summed E-state index contributed by atoms with van der Waals surface area (Å²) >= 11 is 6.15. The zero-order valence-electron chi connectivity index (χ0n) is 20.2. The molecule has 0 bridgehead atoms. The zero-order chi connectivity index (χ0) is 25.6. The molecule has 3 aromatic rings. The van der Waals surface area contributed by atoms with Crippen LogP contribution < -0.4 is 19.1 Å². The smallest absolute Gasteiger partial charge is 0.232 e. The molecule has 7 nitrogen and oxygen atoms in total. The Kier molecular flexibility index (Phi) is 8.64. The molecule has 0 heterocycles. The van der Waals surface area contributed by atoms with E-state index in [9.17, 15) is 13.2 Å². The van der Waals surface area contributed by atoms with Crippen LogP contribution >= 0.6 is 11.6 Å². The standard InChI is InChI=1S/C26H29ClN2O5S/c1-18-9-7-10-22(19(18)2)29(35(4,31)32)16-8-13-26(30)28-21-17-20(27)14-15-23(21)34-25-12-6-5-11-24(25)33-3/h5-7,9-12,14-15,17H,8,13,16H2,1-4H3,(H,28,30). The first-order valence-electron chi connectivity index (χ1n) is 11.0. The van der Waals surface area contributed by atoms with Gasteiger partial charge in [-0.25, -0.2) is 8.42 Å². The fourth-order valence-electron chi connectivity index (χ4n) is 3.58. The first-order valence-corrected chi connectivity index (χ1v) is 13.3. The Hall–Kier alpha value is -3.23. The third kappa shape index (κ3) is 6.90. The SMILES string of the molecule is COc1ccccc1Oc1ccc(Cl)cc1NC(=O)CCCN(c1cccc(C)c1C)S(C)(=O)=O. The summed E-state index contributed by atoms with van der Waals surface area (Å²) in [6.45, 7) is 4.00. The molecular weight excluding hydrogens is 488 g/mol. The highest BCUT2D eigenvalue weighted by Gasteiger charge is 2.20. The summed E-state index contributed by atoms with van der Waals surface area (Å²) in [5.41, 5.74) is 2.91. The number of carbonyl (C=O) groups is 1. The molecule has 0 saturated carbocycles. The van der Waals surface area contributed by atoms with Crippen LogP contribution in [0.15, 0.2) is 60.7 Å². The maximum absolute atomic E-state index is 12.7. The van der Waals surface area contributed by atoms with E-state index in [0.717, 1.165) is 11.1 Å². The molecule has 0 atom stereocenters. The lowest BCUT2D eigenvalue weighted by atomic mass is 10.1. The van der Waals surface area contributed by atoms with Gasteiger partial charge in [0.1, 0.15) is 0 Å². The number of hydrogen-bond acceptors (Lipinski definition) is 5. The Morgan fingerprint density at radius 1 is 1.00 bits per heavy atom. The Labute approximate surface area is 211 Å². The van der Waals surface area contributed by atoms with E-state index in [1.54, 1.807) is 43.5 Å². The van der Waals surface area contributed by atoms with Crippen molar-refractivity contribution in [1.29, 1.82) is 0 Å². The number of amides is 1. The van der Waals surface area contributed by atoms with Gasteiger partial charge in [0, 0.05) is 18.0 Å². The molecule has 0 spiro atoms. The van der Waals surface area contributed by atoms with Gasteiger partial charge in [-0.05, 0) is 67.8 Å². The number of carbonyl (C=O) groups excluding carboxylic acids is 1. The third-order valence-corrected chi connectivity index (χ3v) is 6.93. The van der Waals surface area contributed by atoms with Crippen LogP contribution in [0.5, 0.6) is 17.2 Å². The number of aryl methyl sites for hydroxylation is 1. The topological polar surface area (TPSA) is 84.9 Å². The minimum atomic E-state index is -3.52. The molecule has 0 aliphatic carbocycles. The fraction of sp³-hybridized carbons (Fsp3) is 0.269. The summed E-state index contributed by atoms with van der Waals surface area (Å²) < 4.78 is 37.5. The molecule has 186 valence electrons. The van der Waals surface area contributed by atoms with E-state index in [1.807, 2.05) is 38.1 Å². The van der Waals surface area contributed by atoms with Gasteiger partial charge in [-0.15, -0.1) is 0 Å². The second-order valence-corrected chi connectivity index (χ2v) is 10.4. The van der Waals surface area contributed by atoms with Gasteiger partial charge in [-0.1, -0.05) is 35.9 Å². The summed E-state index contributed by atoms with van der Waals surface area (Å²) in [5.74, 6) is 1.16. The predicted molar refractivity (Wildman–Crippen MR) is 140 cm³/mol. The van der Waals surface area contributed by atoms with Crippen molar-refractivity contribution in [3.63, 3.8) is 0 Å². The van der Waals surface area contributed by atoms with Crippen molar-refractivity contribution in [3.05, 3.63) is 76.8 Å². The number of nitrogens with one attached hydrogen (secondary N) is 1. The van der Waals surface area contributed by atoms with Gasteiger partial charge in [0.25, 0.3) is 0 Å². The monoisotopic (exact) mass is 516 g/mol. The number of para-hydroxylation sites is 2. The molecule has 1 amide bonds. The summed E-state index contributed by atoms with van der Waals surface area (Å²) in [4.78, 5) is 12.7. The van der Waals surface area contributed by atoms with Gasteiger partial charge >= 0.3 is 0 Å². The Morgan fingerprint density at radius 2 is 1.71 bits per heavy atom. The largest absolute Gasteiger partial charge is 0.493 e. The van der Waals surface area contributed by atoms with Crippen molar-refractivity contribution in [2.75, 3.05) is 29.5 Å². The maximum Gasteiger partial charge on any atom is 0.232 e. The highest BCUT2D eigenvalue weighted by Crippen LogP contribution is 2.36. The van der Waals surface area contributed by atoms with Crippen molar-refractivity contribution < 1.29 is 22.7 Å². The lowest BCUT2D eigenvalue weighted by Crippen LogP contribution is -2.32. The first kappa shape index (κ1) is 26.4. The molecule has 35 heavy (non-hydrogen) atoms. The number of halogens is 1. The summed E-state index contributed by atoms with van der Waals surface area (Å²) in [5, 5.41) is 3.26. The number of nitrogens with zero attached hydrogens (tertiary/aromatic N) is 1. The van der Waals surface area contributed by atoms with Crippen LogP contribution in [0.25, 0.3) is 0 Å². The normalized spacial score (nSPS) is 11.1. The van der Waals surface area contributed by atoms with Crippen molar-refractivity contribution in [2.24, 2.45) is 0 Å². The molecular formula is C26H29ClN2O5S. The molecule has 0 radical (unpaired) electrons. The highest BCUT2D eigenvalue weighted by molar-refractivity contribution is 7.92. The molecule has 3 aromatic carbocycles. The second kappa shape index (κ2) is 11.5. The van der Waals surface area contributed by atoms with E-state index < -0.39 is 10.0 Å². The van der Waals surface area contributed by atoms with E-state index >= 15 is 0 Å². The quantitative estimate of drug-likeness (QED) is 0.360. The van der Waals surface area contributed by atoms with Crippen molar-refractivity contribution in [1.82, 2.24) is 0 Å². The van der Waals surface area contributed by atoms with Gasteiger partial charge in [0.05, 0.1) is 24.7 Å². The molecule has 9 heteroatoms. The summed E-state index contributed by atoms with van der Waals surface area (Å²) in [6.07, 6.45) is 1.61. The number of ether oxygens (including phenoxy) is 2. The van der Waals surface area contributed by atoms with Crippen LogP contribution in [-0.4, -0.2) is 34.2 Å². The van der Waals surface area contributed by atoms with E-state index in [1.165, 1.54) is 10.6 Å². The molecule has 0 unspecified atom stereocenters. The maximum atomic E-state index is 12.7. The van der Waals surface area contributed by atoms with Gasteiger partial charge in [0.15, 0.2) is 17.2 Å². The van der Waals surface area contributed by atoms with Crippen LogP contribution in [0.3, 0.4) is 0 Å². The van der Waals surface area contributed by atoms with E-state index in [0.29, 0.717) is 40.1 Å². The Balaban J connectivity index is 1.70. The molecule has 0 fully saturated rings. The molecule has 0 saturated heterocycles. The van der Waals surface area contributed by atoms with Crippen molar-refractivity contribution in [2.45, 2.75) is 26.7 Å². The van der Waals surface area contributed by atoms with Gasteiger partial charge < -0.3 is 14.8 Å². The van der Waals surface area contributed by atoms with Crippen molar-refractivity contribution >= 4 is 38.9 Å². The van der Waals surface area contributed by atoms with Crippen LogP contribution in [0.2, 0.25) is 5.02 Å². The predicted octanol–water partition coefficient (Wildman–Crippen LogP) is 5.94. The van der Waals surface area contributed by atoms with Gasteiger partial charge in [-0.3, -0.25) is 9.10 Å². The number of rotatable bonds is 10. The molecule has 0 aliphatic rings. The highest BCUT2D eigenvalue weighted by atomic mass is 35.5. The lowest BCUT2D eigenvalue weighted by molar-refractivity contribution is -0.116. The first-order chi connectivity index (χ1) is 16.6. The van der Waals surface area contributed by atoms with E-state index in [-0.39, 0.29) is 18.9 Å². The Morgan fingerprint density at radius 3 is 2.40 bits per heavy atom. The van der Waals surface area contributed by atoms with E-state index in [4.69, 9.17) is 21.1 Å². The van der Waals surface area contributed by atoms with Crippen LogP contribution in [0.4, 0.5) is 11.4 Å². The number of sulfonamides is 1. The van der Waals surface area contributed by atoms with Crippen LogP contribution in [0, 0.1) is 13.8 Å². The van der Waals surface area contributed by atoms with Crippen LogP contribution in [-0.2, 0) is 14.8 Å². The molecule has 0 aromatic heterocycles. The van der Waals surface area contributed by atoms with Gasteiger partial charge in [-0.2, -0.15) is 0 Å². The van der Waals surface area contributed by atoms with Crippen molar-refractivity contribution in [3.8, 4) is 17.2 Å². The number of methoxy groups -OCH3 is 1. The average Bonchev–Trinajstić information content (AvgIpc) is 2.80. The summed E-state index contributed by atoms with van der Waals surface area (Å²) in [6, 6.07) is 17.6. The molecule has 0 aliphatic heterocycles. The second-order valence-electron chi connectivity index (χ2n) is 8.10. The Bertz CT molecular complexity index is 1310. The molecule has 1 N–H and O–H groups in total. The fourth-order valence-corrected chi connectivity index (χ4v) is 4.77. The third-order valence-electron chi connectivity index (χ3n) is 5.51. The number of anilines is 2. The number of hydrogen-bond donors (Lipinski definition) is 1. The number of benzene rings is 3. The van der Waals surface area contributed by atoms with Crippen LogP contribution in [0.1, 0.15) is 24.0 Å². The lowest BCUT2D eigenvalue weighted by Gasteiger charge is -2.25.